The molecule has 3 nitrogen and oxygen atoms in total. The molecule has 3 heteroatoms. The first kappa shape index (κ1) is 12.1. The molecule has 2 saturated carbocycles. The summed E-state index contributed by atoms with van der Waals surface area (Å²) in [5.41, 5.74) is 1.26. The molecule has 0 bridgehead atoms. The second kappa shape index (κ2) is 5.80. The topological polar surface area (TPSA) is 35.5 Å². The molecule has 2 rings (SSSR count). The SMILES string of the molecule is C=C(CNC1CC1)CN(CCO)C1CCC1. The lowest BCUT2D eigenvalue weighted by molar-refractivity contribution is 0.111. The summed E-state index contributed by atoms with van der Waals surface area (Å²) in [4.78, 5) is 2.39. The molecule has 0 amide bonds. The molecule has 0 heterocycles. The third-order valence-electron chi connectivity index (χ3n) is 3.62. The second-order valence-corrected chi connectivity index (χ2v) is 5.18. The molecule has 0 radical (unpaired) electrons. The van der Waals surface area contributed by atoms with Crippen molar-refractivity contribution in [3.05, 3.63) is 12.2 Å². The summed E-state index contributed by atoms with van der Waals surface area (Å²) in [6.07, 6.45) is 6.60. The van der Waals surface area contributed by atoms with Crippen LogP contribution in [0, 0.1) is 0 Å². The highest BCUT2D eigenvalue weighted by molar-refractivity contribution is 5.03. The van der Waals surface area contributed by atoms with Crippen LogP contribution in [-0.2, 0) is 0 Å². The smallest absolute Gasteiger partial charge is 0.0558 e. The largest absolute Gasteiger partial charge is 0.395 e. The van der Waals surface area contributed by atoms with E-state index >= 15 is 0 Å². The average Bonchev–Trinajstić information content (AvgIpc) is 2.95. The molecular formula is C13H24N2O. The van der Waals surface area contributed by atoms with Crippen molar-refractivity contribution in [1.29, 1.82) is 0 Å². The maximum atomic E-state index is 9.06. The summed E-state index contributed by atoms with van der Waals surface area (Å²) in [5, 5.41) is 12.5. The summed E-state index contributed by atoms with van der Waals surface area (Å²) < 4.78 is 0. The lowest BCUT2D eigenvalue weighted by atomic mass is 9.91. The van der Waals surface area contributed by atoms with E-state index in [2.05, 4.69) is 16.8 Å². The Labute approximate surface area is 98.5 Å². The predicted molar refractivity (Wildman–Crippen MR) is 66.5 cm³/mol. The summed E-state index contributed by atoms with van der Waals surface area (Å²) >= 11 is 0. The van der Waals surface area contributed by atoms with Crippen molar-refractivity contribution in [1.82, 2.24) is 10.2 Å². The van der Waals surface area contributed by atoms with Crippen molar-refractivity contribution in [3.8, 4) is 0 Å². The van der Waals surface area contributed by atoms with Gasteiger partial charge in [-0.05, 0) is 31.3 Å². The molecule has 0 atom stereocenters. The van der Waals surface area contributed by atoms with Crippen LogP contribution in [0.1, 0.15) is 32.1 Å². The van der Waals surface area contributed by atoms with E-state index in [0.29, 0.717) is 6.04 Å². The Bertz CT molecular complexity index is 234. The third kappa shape index (κ3) is 3.58. The second-order valence-electron chi connectivity index (χ2n) is 5.18. The molecular weight excluding hydrogens is 200 g/mol. The Balaban J connectivity index is 1.67. The maximum absolute atomic E-state index is 9.06. The molecule has 2 fully saturated rings. The zero-order valence-electron chi connectivity index (χ0n) is 10.1. The summed E-state index contributed by atoms with van der Waals surface area (Å²) in [6, 6.07) is 1.46. The fourth-order valence-electron chi connectivity index (χ4n) is 2.19. The van der Waals surface area contributed by atoms with Gasteiger partial charge in [0.05, 0.1) is 6.61 Å². The van der Waals surface area contributed by atoms with Crippen LogP contribution < -0.4 is 5.32 Å². The standard InChI is InChI=1S/C13H24N2O/c1-11(9-14-12-5-6-12)10-15(7-8-16)13-3-2-4-13/h12-14,16H,1-10H2. The van der Waals surface area contributed by atoms with E-state index in [1.165, 1.54) is 37.7 Å². The normalized spacial score (nSPS) is 21.1. The molecule has 0 aromatic heterocycles. The average molecular weight is 224 g/mol. The molecule has 92 valence electrons. The number of aliphatic hydroxyl groups excluding tert-OH is 1. The molecule has 0 spiro atoms. The molecule has 2 aliphatic rings. The molecule has 0 aromatic rings. The minimum atomic E-state index is 0.264. The van der Waals surface area contributed by atoms with Crippen molar-refractivity contribution in [2.75, 3.05) is 26.2 Å². The van der Waals surface area contributed by atoms with E-state index in [1.54, 1.807) is 0 Å². The van der Waals surface area contributed by atoms with E-state index < -0.39 is 0 Å². The lowest BCUT2D eigenvalue weighted by Gasteiger charge is -2.37. The van der Waals surface area contributed by atoms with Crippen LogP contribution in [0.5, 0.6) is 0 Å². The maximum Gasteiger partial charge on any atom is 0.0558 e. The Morgan fingerprint density at radius 1 is 1.31 bits per heavy atom. The first-order valence-corrected chi connectivity index (χ1v) is 6.54. The number of nitrogens with zero attached hydrogens (tertiary/aromatic N) is 1. The van der Waals surface area contributed by atoms with Crippen LogP contribution in [0.3, 0.4) is 0 Å². The van der Waals surface area contributed by atoms with Crippen molar-refractivity contribution >= 4 is 0 Å². The van der Waals surface area contributed by atoms with Gasteiger partial charge in [0, 0.05) is 31.7 Å². The summed E-state index contributed by atoms with van der Waals surface area (Å²) in [7, 11) is 0. The van der Waals surface area contributed by atoms with Crippen molar-refractivity contribution < 1.29 is 5.11 Å². The number of hydrogen-bond donors (Lipinski definition) is 2. The predicted octanol–water partition coefficient (Wildman–Crippen LogP) is 1.14. The van der Waals surface area contributed by atoms with Crippen molar-refractivity contribution in [3.63, 3.8) is 0 Å². The van der Waals surface area contributed by atoms with E-state index in [0.717, 1.165) is 25.7 Å². The lowest BCUT2D eigenvalue weighted by Crippen LogP contribution is -2.43. The van der Waals surface area contributed by atoms with Crippen LogP contribution in [0.2, 0.25) is 0 Å². The van der Waals surface area contributed by atoms with Gasteiger partial charge in [-0.15, -0.1) is 0 Å². The minimum Gasteiger partial charge on any atom is -0.395 e. The van der Waals surface area contributed by atoms with Gasteiger partial charge in [-0.2, -0.15) is 0 Å². The van der Waals surface area contributed by atoms with Crippen molar-refractivity contribution in [2.45, 2.75) is 44.2 Å². The molecule has 0 unspecified atom stereocenters. The highest BCUT2D eigenvalue weighted by atomic mass is 16.3. The van der Waals surface area contributed by atoms with E-state index in [9.17, 15) is 0 Å². The minimum absolute atomic E-state index is 0.264. The number of hydrogen-bond acceptors (Lipinski definition) is 3. The quantitative estimate of drug-likeness (QED) is 0.607. The van der Waals surface area contributed by atoms with Crippen molar-refractivity contribution in [2.24, 2.45) is 0 Å². The highest BCUT2D eigenvalue weighted by Crippen LogP contribution is 2.25. The molecule has 2 aliphatic carbocycles. The highest BCUT2D eigenvalue weighted by Gasteiger charge is 2.25. The summed E-state index contributed by atoms with van der Waals surface area (Å²) in [6.45, 7) is 7.09. The van der Waals surface area contributed by atoms with Crippen LogP contribution in [0.4, 0.5) is 0 Å². The molecule has 0 aliphatic heterocycles. The number of aliphatic hydroxyl groups is 1. The van der Waals surface area contributed by atoms with Gasteiger partial charge in [-0.1, -0.05) is 13.0 Å². The van der Waals surface area contributed by atoms with Crippen LogP contribution in [0.25, 0.3) is 0 Å². The van der Waals surface area contributed by atoms with Gasteiger partial charge in [0.1, 0.15) is 0 Å². The number of rotatable bonds is 8. The van der Waals surface area contributed by atoms with E-state index in [4.69, 9.17) is 5.11 Å². The molecule has 0 aromatic carbocycles. The zero-order valence-corrected chi connectivity index (χ0v) is 10.1. The Morgan fingerprint density at radius 3 is 2.56 bits per heavy atom. The van der Waals surface area contributed by atoms with Gasteiger partial charge in [-0.3, -0.25) is 4.90 Å². The number of nitrogens with one attached hydrogen (secondary N) is 1. The van der Waals surface area contributed by atoms with Crippen LogP contribution in [0.15, 0.2) is 12.2 Å². The Morgan fingerprint density at radius 2 is 2.06 bits per heavy atom. The fourth-order valence-corrected chi connectivity index (χ4v) is 2.19. The Hall–Kier alpha value is -0.380. The zero-order chi connectivity index (χ0) is 11.4. The van der Waals surface area contributed by atoms with Gasteiger partial charge in [0.15, 0.2) is 0 Å². The van der Waals surface area contributed by atoms with Crippen LogP contribution in [-0.4, -0.2) is 48.3 Å². The van der Waals surface area contributed by atoms with Crippen LogP contribution >= 0.6 is 0 Å². The summed E-state index contributed by atoms with van der Waals surface area (Å²) in [5.74, 6) is 0. The molecule has 2 N–H and O–H groups in total. The van der Waals surface area contributed by atoms with E-state index in [1.807, 2.05) is 0 Å². The van der Waals surface area contributed by atoms with Gasteiger partial charge in [0.25, 0.3) is 0 Å². The first-order chi connectivity index (χ1) is 7.79. The fraction of sp³-hybridized carbons (Fsp3) is 0.846. The van der Waals surface area contributed by atoms with Gasteiger partial charge in [0.2, 0.25) is 0 Å². The molecule has 16 heavy (non-hydrogen) atoms. The monoisotopic (exact) mass is 224 g/mol. The van der Waals surface area contributed by atoms with E-state index in [-0.39, 0.29) is 6.61 Å². The third-order valence-corrected chi connectivity index (χ3v) is 3.62. The van der Waals surface area contributed by atoms with Gasteiger partial charge in [-0.25, -0.2) is 0 Å². The Kier molecular flexibility index (Phi) is 4.38. The van der Waals surface area contributed by atoms with Gasteiger partial charge < -0.3 is 10.4 Å². The molecule has 0 saturated heterocycles. The van der Waals surface area contributed by atoms with Gasteiger partial charge >= 0.3 is 0 Å². The first-order valence-electron chi connectivity index (χ1n) is 6.54.